The van der Waals surface area contributed by atoms with Crippen LogP contribution in [0.25, 0.3) is 0 Å². The molecule has 1 heterocycles. The highest BCUT2D eigenvalue weighted by Crippen LogP contribution is 2.72. The lowest BCUT2D eigenvalue weighted by atomic mass is 9.73. The van der Waals surface area contributed by atoms with Crippen molar-refractivity contribution >= 4 is 14.7 Å². The molecule has 0 nitrogen and oxygen atoms in total. The molecule has 0 fully saturated rings. The molecule has 2 aromatic rings. The summed E-state index contributed by atoms with van der Waals surface area (Å²) >= 11 is 0. The molecule has 1 aliphatic heterocycles. The topological polar surface area (TPSA) is 0 Å². The van der Waals surface area contributed by atoms with Crippen LogP contribution in [-0.2, 0) is 30.6 Å². The quantitative estimate of drug-likeness (QED) is 0.419. The van der Waals surface area contributed by atoms with Crippen LogP contribution in [0.1, 0.15) is 67.0 Å². The molecule has 126 valence electrons. The van der Waals surface area contributed by atoms with Crippen molar-refractivity contribution in [2.45, 2.75) is 69.3 Å². The maximum Gasteiger partial charge on any atom is 0.366 e. The second-order valence-corrected chi connectivity index (χ2v) is 13.5. The van der Waals surface area contributed by atoms with Crippen LogP contribution in [0.4, 0.5) is 0 Å². The van der Waals surface area contributed by atoms with E-state index < -0.39 is 7.14 Å². The van der Waals surface area contributed by atoms with E-state index in [9.17, 15) is 0 Å². The van der Waals surface area contributed by atoms with E-state index in [2.05, 4.69) is 57.2 Å². The number of hydrogen-bond donors (Lipinski definition) is 0. The van der Waals surface area contributed by atoms with Crippen LogP contribution in [0.3, 0.4) is 0 Å². The lowest BCUT2D eigenvalue weighted by molar-refractivity contribution is 0.501. The van der Waals surface area contributed by atoms with E-state index in [1.165, 1.54) is 25.7 Å². The molecular formula is C23H27BP+. The van der Waals surface area contributed by atoms with Gasteiger partial charge in [0.05, 0.1) is 17.5 Å². The van der Waals surface area contributed by atoms with Crippen molar-refractivity contribution in [1.82, 2.24) is 0 Å². The fourth-order valence-electron chi connectivity index (χ4n) is 5.80. The minimum atomic E-state index is -1.62. The molecule has 2 aromatic carbocycles. The van der Waals surface area contributed by atoms with Gasteiger partial charge < -0.3 is 0 Å². The van der Waals surface area contributed by atoms with Crippen LogP contribution in [0.2, 0.25) is 0 Å². The van der Waals surface area contributed by atoms with Gasteiger partial charge in [-0.1, -0.05) is 36.4 Å². The molecule has 3 aliphatic rings. The number of benzene rings is 2. The zero-order valence-corrected chi connectivity index (χ0v) is 16.6. The van der Waals surface area contributed by atoms with Crippen molar-refractivity contribution in [2.75, 3.05) is 0 Å². The van der Waals surface area contributed by atoms with Crippen molar-refractivity contribution in [1.29, 1.82) is 0 Å². The second kappa shape index (κ2) is 5.01. The summed E-state index contributed by atoms with van der Waals surface area (Å²) in [5.74, 6) is 0. The van der Waals surface area contributed by atoms with Crippen molar-refractivity contribution in [2.24, 2.45) is 0 Å². The van der Waals surface area contributed by atoms with Gasteiger partial charge in [-0.25, -0.2) is 0 Å². The third-order valence-corrected chi connectivity index (χ3v) is 11.8. The van der Waals surface area contributed by atoms with Gasteiger partial charge in [-0.05, 0) is 87.0 Å². The van der Waals surface area contributed by atoms with E-state index in [1.54, 1.807) is 33.4 Å². The first-order chi connectivity index (χ1) is 11.8. The number of rotatable bonds is 0. The fraction of sp³-hybridized carbons (Fsp3) is 0.478. The molecule has 2 heteroatoms. The summed E-state index contributed by atoms with van der Waals surface area (Å²) in [5.41, 5.74) is 10.00. The lowest BCUT2D eigenvalue weighted by Crippen LogP contribution is -2.30. The maximum atomic E-state index is 7.28. The van der Waals surface area contributed by atoms with E-state index in [0.29, 0.717) is 5.41 Å². The number of aryl methyl sites for hydroxylation is 2. The van der Waals surface area contributed by atoms with Gasteiger partial charge in [0.2, 0.25) is 0 Å². The van der Waals surface area contributed by atoms with Gasteiger partial charge in [-0.3, -0.25) is 0 Å². The molecule has 2 aliphatic carbocycles. The second-order valence-electron chi connectivity index (χ2n) is 9.51. The summed E-state index contributed by atoms with van der Waals surface area (Å²) in [4.78, 5) is 0. The highest BCUT2D eigenvalue weighted by atomic mass is 31.2. The predicted octanol–water partition coefficient (Wildman–Crippen LogP) is 5.78. The van der Waals surface area contributed by atoms with Crippen molar-refractivity contribution in [3.05, 3.63) is 69.8 Å². The highest BCUT2D eigenvalue weighted by Gasteiger charge is 2.53. The Hall–Kier alpha value is -1.07. The summed E-state index contributed by atoms with van der Waals surface area (Å²) in [5, 5.41) is 0.176. The molecule has 0 amide bonds. The average Bonchev–Trinajstić information content (AvgIpc) is 3.10. The van der Waals surface area contributed by atoms with Gasteiger partial charge in [-0.2, -0.15) is 0 Å². The third kappa shape index (κ3) is 2.06. The number of hydrogen-bond acceptors (Lipinski definition) is 0. The first-order valence-electron chi connectivity index (χ1n) is 9.72. The Balaban J connectivity index is 1.85. The first kappa shape index (κ1) is 16.1. The summed E-state index contributed by atoms with van der Waals surface area (Å²) in [6.45, 7) is 7.09. The van der Waals surface area contributed by atoms with Crippen LogP contribution >= 0.6 is 7.14 Å². The van der Waals surface area contributed by atoms with Crippen LogP contribution < -0.4 is 0 Å². The summed E-state index contributed by atoms with van der Waals surface area (Å²) in [7, 11) is 5.65. The monoisotopic (exact) mass is 345 g/mol. The Morgan fingerprint density at radius 2 is 1.24 bits per heavy atom. The Morgan fingerprint density at radius 1 is 0.800 bits per heavy atom. The molecule has 0 unspecified atom stereocenters. The zero-order chi connectivity index (χ0) is 17.4. The Bertz CT molecular complexity index is 811. The van der Waals surface area contributed by atoms with Crippen LogP contribution in [0.15, 0.2) is 36.4 Å². The molecule has 0 aromatic heterocycles. The predicted molar refractivity (Wildman–Crippen MR) is 110 cm³/mol. The first-order valence-corrected chi connectivity index (χ1v) is 12.0. The van der Waals surface area contributed by atoms with E-state index in [-0.39, 0.29) is 5.16 Å². The summed E-state index contributed by atoms with van der Waals surface area (Å²) in [6.07, 6.45) is 7.28. The molecule has 1 spiro atoms. The minimum absolute atomic E-state index is 0.176. The molecule has 5 rings (SSSR count). The molecule has 0 N–H and O–H groups in total. The van der Waals surface area contributed by atoms with Crippen LogP contribution in [-0.4, -0.2) is 12.7 Å². The third-order valence-electron chi connectivity index (χ3n) is 7.31. The standard InChI is InChI=1S/C23H27BP/c1-22(2,3)25(24)14-18-8-4-6-16-10-12-23(20(16)18)13-11-17-7-5-9-19(15-25)21(17)23/h4-9H,10-15H2,1-3H3/q+1. The van der Waals surface area contributed by atoms with Crippen molar-refractivity contribution < 1.29 is 0 Å². The van der Waals surface area contributed by atoms with Crippen molar-refractivity contribution in [3.63, 3.8) is 0 Å². The molecular weight excluding hydrogens is 318 g/mol. The molecule has 2 radical (unpaired) electrons. The molecule has 0 atom stereocenters. The Kier molecular flexibility index (Phi) is 3.23. The van der Waals surface area contributed by atoms with Gasteiger partial charge >= 0.3 is 7.57 Å². The molecule has 0 saturated carbocycles. The summed E-state index contributed by atoms with van der Waals surface area (Å²) in [6, 6.07) is 14.1. The Labute approximate surface area is 154 Å². The lowest BCUT2D eigenvalue weighted by Gasteiger charge is -2.41. The van der Waals surface area contributed by atoms with E-state index in [4.69, 9.17) is 7.57 Å². The van der Waals surface area contributed by atoms with Crippen LogP contribution in [0, 0.1) is 0 Å². The average molecular weight is 345 g/mol. The van der Waals surface area contributed by atoms with Crippen LogP contribution in [0.5, 0.6) is 0 Å². The Morgan fingerprint density at radius 3 is 1.68 bits per heavy atom. The maximum absolute atomic E-state index is 7.28. The smallest absolute Gasteiger partial charge is 0.0616 e. The molecule has 0 saturated heterocycles. The largest absolute Gasteiger partial charge is 0.366 e. The van der Waals surface area contributed by atoms with E-state index in [1.807, 2.05) is 0 Å². The van der Waals surface area contributed by atoms with E-state index >= 15 is 0 Å². The summed E-state index contributed by atoms with van der Waals surface area (Å²) < 4.78 is 0. The van der Waals surface area contributed by atoms with Gasteiger partial charge in [0.1, 0.15) is 0 Å². The normalized spacial score (nSPS) is 22.0. The fourth-order valence-corrected chi connectivity index (χ4v) is 8.60. The van der Waals surface area contributed by atoms with Gasteiger partial charge in [0, 0.05) is 5.41 Å². The van der Waals surface area contributed by atoms with Crippen molar-refractivity contribution in [3.8, 4) is 0 Å². The van der Waals surface area contributed by atoms with E-state index in [0.717, 1.165) is 12.3 Å². The van der Waals surface area contributed by atoms with Gasteiger partial charge in [-0.15, -0.1) is 0 Å². The molecule has 0 bridgehead atoms. The zero-order valence-electron chi connectivity index (χ0n) is 15.7. The SMILES string of the molecule is [B][P+]1(C(C)(C)C)Cc2cccc3c2C2(CC3)CCc3cccc(c32)C1. The van der Waals surface area contributed by atoms with Gasteiger partial charge in [0.25, 0.3) is 0 Å². The highest BCUT2D eigenvalue weighted by molar-refractivity contribution is 7.97. The minimum Gasteiger partial charge on any atom is -0.0616 e. The molecule has 25 heavy (non-hydrogen) atoms. The van der Waals surface area contributed by atoms with Gasteiger partial charge in [0.15, 0.2) is 0 Å².